The standard InChI is InChI=1S/C18H13N3S/c1-12-6-2-4-8-14(12)17-20-18(22-21-17)16-11-10-13-7-3-5-9-15(13)19-16/h2-11H,1H3. The van der Waals surface area contributed by atoms with Crippen LogP contribution in [0.15, 0.2) is 60.7 Å². The first-order chi connectivity index (χ1) is 10.8. The third-order valence-electron chi connectivity index (χ3n) is 3.63. The van der Waals surface area contributed by atoms with E-state index in [4.69, 9.17) is 0 Å². The summed E-state index contributed by atoms with van der Waals surface area (Å²) in [7, 11) is 0. The Morgan fingerprint density at radius 2 is 1.64 bits per heavy atom. The molecule has 0 aliphatic heterocycles. The van der Waals surface area contributed by atoms with E-state index in [1.807, 2.05) is 36.4 Å². The number of hydrogen-bond donors (Lipinski definition) is 0. The summed E-state index contributed by atoms with van der Waals surface area (Å²) in [5.41, 5.74) is 4.10. The fourth-order valence-corrected chi connectivity index (χ4v) is 3.09. The maximum Gasteiger partial charge on any atom is 0.173 e. The monoisotopic (exact) mass is 303 g/mol. The highest BCUT2D eigenvalue weighted by atomic mass is 32.1. The molecule has 4 aromatic rings. The molecule has 0 fully saturated rings. The van der Waals surface area contributed by atoms with Crippen LogP contribution in [0, 0.1) is 6.92 Å². The van der Waals surface area contributed by atoms with Crippen LogP contribution in [-0.4, -0.2) is 14.3 Å². The molecule has 0 atom stereocenters. The predicted octanol–water partition coefficient (Wildman–Crippen LogP) is 4.73. The van der Waals surface area contributed by atoms with Crippen molar-refractivity contribution in [3.05, 3.63) is 66.2 Å². The number of benzene rings is 2. The predicted molar refractivity (Wildman–Crippen MR) is 90.8 cm³/mol. The zero-order chi connectivity index (χ0) is 14.9. The highest BCUT2D eigenvalue weighted by Crippen LogP contribution is 2.27. The molecule has 2 aromatic heterocycles. The van der Waals surface area contributed by atoms with E-state index in [1.165, 1.54) is 17.1 Å². The molecular formula is C18H13N3S. The third kappa shape index (κ3) is 2.27. The number of pyridine rings is 1. The minimum absolute atomic E-state index is 0.771. The van der Waals surface area contributed by atoms with Crippen LogP contribution in [0.5, 0.6) is 0 Å². The Kier molecular flexibility index (Phi) is 3.16. The van der Waals surface area contributed by atoms with E-state index in [9.17, 15) is 0 Å². The van der Waals surface area contributed by atoms with E-state index in [-0.39, 0.29) is 0 Å². The zero-order valence-electron chi connectivity index (χ0n) is 12.0. The van der Waals surface area contributed by atoms with E-state index in [2.05, 4.69) is 45.5 Å². The molecule has 4 rings (SSSR count). The van der Waals surface area contributed by atoms with E-state index < -0.39 is 0 Å². The molecule has 0 radical (unpaired) electrons. The molecule has 0 aliphatic carbocycles. The van der Waals surface area contributed by atoms with Crippen LogP contribution >= 0.6 is 11.5 Å². The van der Waals surface area contributed by atoms with Gasteiger partial charge in [-0.15, -0.1) is 0 Å². The maximum absolute atomic E-state index is 4.68. The van der Waals surface area contributed by atoms with Gasteiger partial charge in [0.25, 0.3) is 0 Å². The molecule has 0 amide bonds. The van der Waals surface area contributed by atoms with Gasteiger partial charge in [0.1, 0.15) is 5.69 Å². The summed E-state index contributed by atoms with van der Waals surface area (Å²) in [4.78, 5) is 9.35. The van der Waals surface area contributed by atoms with Crippen molar-refractivity contribution in [2.24, 2.45) is 0 Å². The topological polar surface area (TPSA) is 38.7 Å². The van der Waals surface area contributed by atoms with Crippen molar-refractivity contribution in [1.29, 1.82) is 0 Å². The van der Waals surface area contributed by atoms with E-state index in [0.29, 0.717) is 0 Å². The van der Waals surface area contributed by atoms with Crippen molar-refractivity contribution in [2.75, 3.05) is 0 Å². The highest BCUT2D eigenvalue weighted by Gasteiger charge is 2.11. The minimum atomic E-state index is 0.771. The number of nitrogens with zero attached hydrogens (tertiary/aromatic N) is 3. The smallest absolute Gasteiger partial charge is 0.173 e. The summed E-state index contributed by atoms with van der Waals surface area (Å²) < 4.78 is 4.49. The van der Waals surface area contributed by atoms with Crippen molar-refractivity contribution >= 4 is 22.4 Å². The van der Waals surface area contributed by atoms with Crippen LogP contribution in [0.1, 0.15) is 5.56 Å². The molecule has 106 valence electrons. The van der Waals surface area contributed by atoms with Gasteiger partial charge < -0.3 is 0 Å². The number of hydrogen-bond acceptors (Lipinski definition) is 4. The van der Waals surface area contributed by atoms with Gasteiger partial charge in [-0.3, -0.25) is 0 Å². The van der Waals surface area contributed by atoms with Crippen molar-refractivity contribution in [2.45, 2.75) is 6.92 Å². The van der Waals surface area contributed by atoms with Crippen LogP contribution in [0.4, 0.5) is 0 Å². The molecule has 0 saturated heterocycles. The van der Waals surface area contributed by atoms with Gasteiger partial charge in [-0.2, -0.15) is 4.37 Å². The van der Waals surface area contributed by atoms with Crippen molar-refractivity contribution in [1.82, 2.24) is 14.3 Å². The number of para-hydroxylation sites is 1. The first-order valence-electron chi connectivity index (χ1n) is 7.07. The maximum atomic E-state index is 4.68. The Hall–Kier alpha value is -2.59. The van der Waals surface area contributed by atoms with Gasteiger partial charge in [0.05, 0.1) is 5.52 Å². The molecule has 0 unspecified atom stereocenters. The molecule has 0 aliphatic rings. The van der Waals surface area contributed by atoms with Crippen LogP contribution in [-0.2, 0) is 0 Å². The lowest BCUT2D eigenvalue weighted by Gasteiger charge is -2.00. The lowest BCUT2D eigenvalue weighted by atomic mass is 10.1. The van der Waals surface area contributed by atoms with Gasteiger partial charge >= 0.3 is 0 Å². The second kappa shape index (κ2) is 5.31. The van der Waals surface area contributed by atoms with Crippen molar-refractivity contribution < 1.29 is 0 Å². The average Bonchev–Trinajstić information content (AvgIpc) is 3.04. The second-order valence-electron chi connectivity index (χ2n) is 5.13. The van der Waals surface area contributed by atoms with Crippen LogP contribution < -0.4 is 0 Å². The highest BCUT2D eigenvalue weighted by molar-refractivity contribution is 7.09. The number of aryl methyl sites for hydroxylation is 1. The second-order valence-corrected chi connectivity index (χ2v) is 5.88. The lowest BCUT2D eigenvalue weighted by Crippen LogP contribution is -1.86. The van der Waals surface area contributed by atoms with E-state index in [1.54, 1.807) is 0 Å². The molecule has 2 aromatic carbocycles. The van der Waals surface area contributed by atoms with Gasteiger partial charge in [0, 0.05) is 10.9 Å². The lowest BCUT2D eigenvalue weighted by molar-refractivity contribution is 1.28. The molecule has 3 nitrogen and oxygen atoms in total. The van der Waals surface area contributed by atoms with Crippen molar-refractivity contribution in [3.8, 4) is 22.1 Å². The van der Waals surface area contributed by atoms with Crippen molar-refractivity contribution in [3.63, 3.8) is 0 Å². The Labute approximate surface area is 132 Å². The first kappa shape index (κ1) is 13.1. The number of rotatable bonds is 2. The molecule has 2 heterocycles. The molecule has 0 N–H and O–H groups in total. The largest absolute Gasteiger partial charge is 0.245 e. The fourth-order valence-electron chi connectivity index (χ4n) is 2.45. The Balaban J connectivity index is 1.78. The molecule has 22 heavy (non-hydrogen) atoms. The Morgan fingerprint density at radius 1 is 0.818 bits per heavy atom. The average molecular weight is 303 g/mol. The minimum Gasteiger partial charge on any atom is -0.245 e. The molecule has 0 bridgehead atoms. The zero-order valence-corrected chi connectivity index (χ0v) is 12.8. The van der Waals surface area contributed by atoms with Gasteiger partial charge in [-0.05, 0) is 36.2 Å². The summed E-state index contributed by atoms with van der Waals surface area (Å²) in [6, 6.07) is 20.3. The Morgan fingerprint density at radius 3 is 2.55 bits per heavy atom. The van der Waals surface area contributed by atoms with E-state index >= 15 is 0 Å². The molecule has 4 heteroatoms. The third-order valence-corrected chi connectivity index (χ3v) is 4.37. The summed E-state index contributed by atoms with van der Waals surface area (Å²) >= 11 is 1.39. The van der Waals surface area contributed by atoms with Crippen LogP contribution in [0.2, 0.25) is 0 Å². The molecule has 0 saturated carbocycles. The molecular weight excluding hydrogens is 290 g/mol. The van der Waals surface area contributed by atoms with Crippen LogP contribution in [0.25, 0.3) is 33.0 Å². The number of fused-ring (bicyclic) bond motifs is 1. The summed E-state index contributed by atoms with van der Waals surface area (Å²) in [6.45, 7) is 2.07. The summed E-state index contributed by atoms with van der Waals surface area (Å²) in [5, 5.41) is 1.99. The van der Waals surface area contributed by atoms with Crippen LogP contribution in [0.3, 0.4) is 0 Å². The SMILES string of the molecule is Cc1ccccc1-c1nsc(-c2ccc3ccccc3n2)n1. The van der Waals surface area contributed by atoms with E-state index in [0.717, 1.165) is 33.0 Å². The van der Waals surface area contributed by atoms with Gasteiger partial charge in [0.2, 0.25) is 0 Å². The fraction of sp³-hybridized carbons (Fsp3) is 0.0556. The quantitative estimate of drug-likeness (QED) is 0.537. The molecule has 0 spiro atoms. The normalized spacial score (nSPS) is 11.0. The Bertz CT molecular complexity index is 959. The van der Waals surface area contributed by atoms with Gasteiger partial charge in [-0.25, -0.2) is 9.97 Å². The van der Waals surface area contributed by atoms with Gasteiger partial charge in [0.15, 0.2) is 10.8 Å². The first-order valence-corrected chi connectivity index (χ1v) is 7.84. The summed E-state index contributed by atoms with van der Waals surface area (Å²) in [5.74, 6) is 0.771. The number of aromatic nitrogens is 3. The summed E-state index contributed by atoms with van der Waals surface area (Å²) in [6.07, 6.45) is 0. The van der Waals surface area contributed by atoms with Gasteiger partial charge in [-0.1, -0.05) is 48.5 Å².